The van der Waals surface area contributed by atoms with Crippen molar-refractivity contribution >= 4 is 33.4 Å². The monoisotopic (exact) mass is 637 g/mol. The van der Waals surface area contributed by atoms with Crippen LogP contribution in [0.4, 0.5) is 5.69 Å². The van der Waals surface area contributed by atoms with Gasteiger partial charge in [0.25, 0.3) is 5.91 Å². The Morgan fingerprint density at radius 3 is 2.52 bits per heavy atom. The molecule has 1 aliphatic rings. The number of hydrogen-bond acceptors (Lipinski definition) is 8. The van der Waals surface area contributed by atoms with Gasteiger partial charge in [-0.2, -0.15) is 0 Å². The molecule has 4 rings (SSSR count). The number of benzene rings is 3. The Bertz CT molecular complexity index is 1420. The molecule has 2 atom stereocenters. The van der Waals surface area contributed by atoms with Crippen LogP contribution >= 0.6 is 15.9 Å². The molecule has 1 heterocycles. The zero-order valence-corrected chi connectivity index (χ0v) is 24.9. The fraction of sp³-hybridized carbons (Fsp3) is 0.333. The van der Waals surface area contributed by atoms with Gasteiger partial charge in [0, 0.05) is 59.9 Å². The number of methoxy groups -OCH3 is 2. The number of nitrogens with one attached hydrogen (secondary N) is 1. The summed E-state index contributed by atoms with van der Waals surface area (Å²) in [6, 6.07) is 21.7. The van der Waals surface area contributed by atoms with Crippen molar-refractivity contribution < 1.29 is 28.8 Å². The van der Waals surface area contributed by atoms with Crippen LogP contribution in [0.25, 0.3) is 10.4 Å². The Labute approximate surface area is 252 Å². The standard InChI is InChI=1S/C30H32BrN5O6/c1-39-26(40-2)19-33-29(38)30(18-20-8-12-22(31)13-9-20)27(24-6-3-4-7-25(24)35-36-32)42-28(34-30)21-10-14-23(15-11-21)41-17-5-16-37/h3-4,6-15,26-27,37H,5,16-19H2,1-2H3,(H,33,38)/t27-,30-/m1/s1. The molecule has 0 radical (unpaired) electrons. The van der Waals surface area contributed by atoms with Crippen molar-refractivity contribution in [2.75, 3.05) is 34.0 Å². The molecule has 1 amide bonds. The normalized spacial score (nSPS) is 17.7. The second-order valence-electron chi connectivity index (χ2n) is 9.45. The number of aliphatic hydroxyl groups is 1. The van der Waals surface area contributed by atoms with Crippen molar-refractivity contribution in [2.45, 2.75) is 30.8 Å². The topological polar surface area (TPSA) is 147 Å². The largest absolute Gasteiger partial charge is 0.494 e. The number of aliphatic hydroxyl groups excluding tert-OH is 1. The minimum absolute atomic E-state index is 0.0411. The zero-order valence-electron chi connectivity index (χ0n) is 23.3. The number of aliphatic imine (C=N–C) groups is 1. The number of ether oxygens (including phenoxy) is 4. The number of carbonyl (C=O) groups excluding carboxylic acids is 1. The van der Waals surface area contributed by atoms with E-state index >= 15 is 0 Å². The van der Waals surface area contributed by atoms with Gasteiger partial charge in [0.2, 0.25) is 5.90 Å². The summed E-state index contributed by atoms with van der Waals surface area (Å²) in [5.74, 6) is 0.462. The van der Waals surface area contributed by atoms with E-state index in [1.54, 1.807) is 48.5 Å². The first-order chi connectivity index (χ1) is 20.4. The summed E-state index contributed by atoms with van der Waals surface area (Å²) >= 11 is 3.47. The van der Waals surface area contributed by atoms with Gasteiger partial charge in [0.05, 0.1) is 13.2 Å². The fourth-order valence-corrected chi connectivity index (χ4v) is 4.88. The summed E-state index contributed by atoms with van der Waals surface area (Å²) in [6.45, 7) is 0.495. The number of hydrogen-bond donors (Lipinski definition) is 2. The number of halogens is 1. The van der Waals surface area contributed by atoms with Gasteiger partial charge >= 0.3 is 0 Å². The van der Waals surface area contributed by atoms with Crippen LogP contribution < -0.4 is 10.1 Å². The lowest BCUT2D eigenvalue weighted by molar-refractivity contribution is -0.134. The first kappa shape index (κ1) is 31.0. The molecule has 0 fully saturated rings. The van der Waals surface area contributed by atoms with E-state index in [2.05, 4.69) is 31.3 Å². The van der Waals surface area contributed by atoms with E-state index in [9.17, 15) is 10.3 Å². The molecule has 1 aliphatic heterocycles. The molecule has 0 aromatic heterocycles. The highest BCUT2D eigenvalue weighted by Gasteiger charge is 2.53. The number of azide groups is 1. The lowest BCUT2D eigenvalue weighted by atomic mass is 9.81. The zero-order chi connectivity index (χ0) is 30.0. The van der Waals surface area contributed by atoms with Gasteiger partial charge in [0.1, 0.15) is 5.75 Å². The summed E-state index contributed by atoms with van der Waals surface area (Å²) in [6.07, 6.45) is -0.916. The van der Waals surface area contributed by atoms with Gasteiger partial charge in [-0.1, -0.05) is 57.4 Å². The Kier molecular flexibility index (Phi) is 10.9. The minimum Gasteiger partial charge on any atom is -0.494 e. The molecule has 0 aliphatic carbocycles. The van der Waals surface area contributed by atoms with Gasteiger partial charge in [0.15, 0.2) is 17.9 Å². The summed E-state index contributed by atoms with van der Waals surface area (Å²) in [5.41, 5.74) is 10.1. The molecular weight excluding hydrogens is 606 g/mol. The highest BCUT2D eigenvalue weighted by molar-refractivity contribution is 9.10. The summed E-state index contributed by atoms with van der Waals surface area (Å²) < 4.78 is 23.6. The number of nitrogens with zero attached hydrogens (tertiary/aromatic N) is 4. The average Bonchev–Trinajstić information content (AvgIpc) is 3.40. The van der Waals surface area contributed by atoms with Crippen LogP contribution in [0.5, 0.6) is 5.75 Å². The molecular formula is C30H32BrN5O6. The Hall–Kier alpha value is -3.93. The van der Waals surface area contributed by atoms with E-state index in [0.717, 1.165) is 10.0 Å². The first-order valence-corrected chi connectivity index (χ1v) is 14.1. The highest BCUT2D eigenvalue weighted by atomic mass is 79.9. The molecule has 0 unspecified atom stereocenters. The van der Waals surface area contributed by atoms with Gasteiger partial charge in [-0.3, -0.25) is 4.79 Å². The summed E-state index contributed by atoms with van der Waals surface area (Å²) in [7, 11) is 2.98. The maximum atomic E-state index is 14.2. The summed E-state index contributed by atoms with van der Waals surface area (Å²) in [5, 5.41) is 15.8. The Balaban J connectivity index is 1.82. The van der Waals surface area contributed by atoms with Crippen LogP contribution in [0.1, 0.15) is 29.2 Å². The molecule has 0 saturated carbocycles. The van der Waals surface area contributed by atoms with Crippen LogP contribution in [0.2, 0.25) is 0 Å². The van der Waals surface area contributed by atoms with Gasteiger partial charge in [-0.05, 0) is 47.5 Å². The van der Waals surface area contributed by atoms with E-state index in [1.807, 2.05) is 24.3 Å². The smallest absolute Gasteiger partial charge is 0.252 e. The number of amides is 1. The van der Waals surface area contributed by atoms with Crippen LogP contribution in [-0.2, 0) is 25.4 Å². The third-order valence-corrected chi connectivity index (χ3v) is 7.27. The molecule has 2 N–H and O–H groups in total. The first-order valence-electron chi connectivity index (χ1n) is 13.3. The Morgan fingerprint density at radius 1 is 1.14 bits per heavy atom. The van der Waals surface area contributed by atoms with Crippen molar-refractivity contribution in [3.05, 3.63) is 104 Å². The molecule has 220 valence electrons. The van der Waals surface area contributed by atoms with Crippen molar-refractivity contribution in [2.24, 2.45) is 10.1 Å². The highest BCUT2D eigenvalue weighted by Crippen LogP contribution is 2.45. The van der Waals surface area contributed by atoms with E-state index in [1.165, 1.54) is 14.2 Å². The molecule has 3 aromatic rings. The maximum Gasteiger partial charge on any atom is 0.252 e. The lowest BCUT2D eigenvalue weighted by Crippen LogP contribution is -2.51. The minimum atomic E-state index is -1.49. The molecule has 42 heavy (non-hydrogen) atoms. The van der Waals surface area contributed by atoms with Gasteiger partial charge in [-0.15, -0.1) is 0 Å². The number of rotatable bonds is 14. The van der Waals surface area contributed by atoms with E-state index in [-0.39, 0.29) is 25.5 Å². The molecule has 0 saturated heterocycles. The summed E-state index contributed by atoms with van der Waals surface area (Å²) in [4.78, 5) is 22.2. The molecule has 11 nitrogen and oxygen atoms in total. The predicted molar refractivity (Wildman–Crippen MR) is 161 cm³/mol. The van der Waals surface area contributed by atoms with Gasteiger partial charge < -0.3 is 29.4 Å². The maximum absolute atomic E-state index is 14.2. The molecule has 3 aromatic carbocycles. The van der Waals surface area contributed by atoms with Crippen molar-refractivity contribution in [1.82, 2.24) is 5.32 Å². The second kappa shape index (κ2) is 14.8. The fourth-order valence-electron chi connectivity index (χ4n) is 4.61. The molecule has 0 bridgehead atoms. The second-order valence-corrected chi connectivity index (χ2v) is 10.4. The number of carbonyl (C=O) groups is 1. The third kappa shape index (κ3) is 7.28. The lowest BCUT2D eigenvalue weighted by Gasteiger charge is -2.32. The van der Waals surface area contributed by atoms with E-state index < -0.39 is 23.8 Å². The van der Waals surface area contributed by atoms with Crippen molar-refractivity contribution in [1.29, 1.82) is 0 Å². The van der Waals surface area contributed by atoms with Crippen LogP contribution in [0.15, 0.2) is 87.4 Å². The molecule has 0 spiro atoms. The predicted octanol–water partition coefficient (Wildman–Crippen LogP) is 5.39. The van der Waals surface area contributed by atoms with Crippen molar-refractivity contribution in [3.8, 4) is 5.75 Å². The van der Waals surface area contributed by atoms with E-state index in [4.69, 9.17) is 29.0 Å². The van der Waals surface area contributed by atoms with Gasteiger partial charge in [-0.25, -0.2) is 4.99 Å². The average molecular weight is 639 g/mol. The third-order valence-electron chi connectivity index (χ3n) is 6.74. The SMILES string of the molecule is COC(CNC(=O)[C@]1(Cc2ccc(Br)cc2)N=C(c2ccc(OCCCO)cc2)O[C@@H]1c1ccccc1N=[N+]=[N-])OC. The van der Waals surface area contributed by atoms with E-state index in [0.29, 0.717) is 35.6 Å². The van der Waals surface area contributed by atoms with Crippen molar-refractivity contribution in [3.63, 3.8) is 0 Å². The molecule has 12 heteroatoms. The van der Waals surface area contributed by atoms with Crippen LogP contribution in [-0.4, -0.2) is 62.7 Å². The van der Waals surface area contributed by atoms with Crippen LogP contribution in [0.3, 0.4) is 0 Å². The Morgan fingerprint density at radius 2 is 1.86 bits per heavy atom. The quantitative estimate of drug-likeness (QED) is 0.0796. The van der Waals surface area contributed by atoms with Crippen LogP contribution in [0, 0.1) is 0 Å².